The number of unbranched alkanes of at least 4 members (excludes halogenated alkanes) is 3. The molecule has 2 N–H and O–H groups in total. The predicted molar refractivity (Wildman–Crippen MR) is 106 cm³/mol. The molecular formula is C21H30F6N2O2. The van der Waals surface area contributed by atoms with Gasteiger partial charge in [-0.3, -0.25) is 0 Å². The molecule has 1 aliphatic rings. The number of nitrogens with zero attached hydrogens (tertiary/aromatic N) is 1. The molecule has 0 bridgehead atoms. The highest BCUT2D eigenvalue weighted by Crippen LogP contribution is 2.29. The van der Waals surface area contributed by atoms with Gasteiger partial charge in [-0.05, 0) is 56.6 Å². The Morgan fingerprint density at radius 3 is 2.03 bits per heavy atom. The van der Waals surface area contributed by atoms with E-state index in [1.807, 2.05) is 0 Å². The number of piperidine rings is 1. The van der Waals surface area contributed by atoms with Gasteiger partial charge in [0.25, 0.3) is 0 Å². The number of alkyl halides is 6. The summed E-state index contributed by atoms with van der Waals surface area (Å²) in [6.45, 7) is 6.31. The second-order valence-electron chi connectivity index (χ2n) is 7.56. The van der Waals surface area contributed by atoms with E-state index in [2.05, 4.69) is 17.1 Å². The Balaban J connectivity index is 0.000000592. The number of benzene rings is 1. The molecule has 0 aliphatic carbocycles. The van der Waals surface area contributed by atoms with Crippen LogP contribution in [0.3, 0.4) is 0 Å². The Bertz CT molecular complexity index is 639. The van der Waals surface area contributed by atoms with E-state index < -0.39 is 23.9 Å². The van der Waals surface area contributed by atoms with Crippen LogP contribution in [-0.4, -0.2) is 47.8 Å². The van der Waals surface area contributed by atoms with E-state index in [0.717, 1.165) is 43.6 Å². The third-order valence-corrected chi connectivity index (χ3v) is 5.03. The van der Waals surface area contributed by atoms with E-state index in [-0.39, 0.29) is 0 Å². The molecule has 0 spiro atoms. The number of aliphatic carboxylic acids is 1. The first-order valence-corrected chi connectivity index (χ1v) is 10.4. The molecule has 0 unspecified atom stereocenters. The first-order valence-electron chi connectivity index (χ1n) is 10.4. The van der Waals surface area contributed by atoms with E-state index in [9.17, 15) is 26.3 Å². The van der Waals surface area contributed by atoms with Crippen molar-refractivity contribution in [3.05, 3.63) is 35.4 Å². The Hall–Kier alpha value is -1.81. The summed E-state index contributed by atoms with van der Waals surface area (Å²) >= 11 is 0. The summed E-state index contributed by atoms with van der Waals surface area (Å²) in [5, 5.41) is 10.6. The largest absolute Gasteiger partial charge is 0.490 e. The van der Waals surface area contributed by atoms with Crippen LogP contribution in [0, 0.1) is 0 Å². The molecule has 1 aliphatic heterocycles. The monoisotopic (exact) mass is 456 g/mol. The van der Waals surface area contributed by atoms with Crippen LogP contribution in [0.1, 0.15) is 56.6 Å². The second-order valence-corrected chi connectivity index (χ2v) is 7.56. The Kier molecular flexibility index (Phi) is 11.3. The average Bonchev–Trinajstić information content (AvgIpc) is 2.70. The van der Waals surface area contributed by atoms with E-state index in [0.29, 0.717) is 12.6 Å². The number of rotatable bonds is 8. The van der Waals surface area contributed by atoms with Crippen LogP contribution in [0.25, 0.3) is 0 Å². The number of nitrogens with one attached hydrogen (secondary N) is 1. The molecule has 178 valence electrons. The van der Waals surface area contributed by atoms with Crippen molar-refractivity contribution in [3.8, 4) is 0 Å². The van der Waals surface area contributed by atoms with Crippen molar-refractivity contribution in [2.24, 2.45) is 0 Å². The lowest BCUT2D eigenvalue weighted by atomic mass is 10.0. The molecule has 0 radical (unpaired) electrons. The fourth-order valence-corrected chi connectivity index (χ4v) is 3.20. The Morgan fingerprint density at radius 1 is 1.03 bits per heavy atom. The molecule has 0 atom stereocenters. The number of halogens is 6. The van der Waals surface area contributed by atoms with Crippen LogP contribution in [0.5, 0.6) is 0 Å². The smallest absolute Gasteiger partial charge is 0.475 e. The molecule has 1 fully saturated rings. The standard InChI is InChI=1S/C19H29F3N2.C2HF3O2/c1-2-3-4-5-12-24-13-10-18(11-14-24)23-15-16-6-8-17(9-7-16)19(20,21)22;3-2(4,5)1(6)7/h6-9,18,23H,2-5,10-15H2,1H3;(H,6,7). The summed E-state index contributed by atoms with van der Waals surface area (Å²) in [5.74, 6) is -2.76. The van der Waals surface area contributed by atoms with Crippen LogP contribution < -0.4 is 5.32 Å². The van der Waals surface area contributed by atoms with E-state index in [1.165, 1.54) is 32.2 Å². The lowest BCUT2D eigenvalue weighted by molar-refractivity contribution is -0.192. The number of likely N-dealkylation sites (tertiary alicyclic amines) is 1. The lowest BCUT2D eigenvalue weighted by Gasteiger charge is -2.32. The zero-order valence-corrected chi connectivity index (χ0v) is 17.5. The highest BCUT2D eigenvalue weighted by Gasteiger charge is 2.38. The maximum Gasteiger partial charge on any atom is 0.490 e. The summed E-state index contributed by atoms with van der Waals surface area (Å²) in [5.41, 5.74) is 0.327. The van der Waals surface area contributed by atoms with Gasteiger partial charge in [-0.1, -0.05) is 38.3 Å². The molecular weight excluding hydrogens is 426 g/mol. The number of carboxylic acids is 1. The topological polar surface area (TPSA) is 52.6 Å². The molecule has 2 rings (SSSR count). The van der Waals surface area contributed by atoms with Crippen molar-refractivity contribution >= 4 is 5.97 Å². The summed E-state index contributed by atoms with van der Waals surface area (Å²) < 4.78 is 69.4. The van der Waals surface area contributed by atoms with Gasteiger partial charge in [0.05, 0.1) is 5.56 Å². The first-order chi connectivity index (χ1) is 14.4. The average molecular weight is 456 g/mol. The minimum atomic E-state index is -5.08. The second kappa shape index (κ2) is 12.9. The van der Waals surface area contributed by atoms with Crippen molar-refractivity contribution in [2.75, 3.05) is 19.6 Å². The van der Waals surface area contributed by atoms with Crippen LogP contribution in [0.4, 0.5) is 26.3 Å². The summed E-state index contributed by atoms with van der Waals surface area (Å²) in [6.07, 6.45) is -1.89. The van der Waals surface area contributed by atoms with E-state index in [4.69, 9.17) is 9.90 Å². The maximum atomic E-state index is 12.5. The molecule has 0 amide bonds. The van der Waals surface area contributed by atoms with Gasteiger partial charge in [-0.25, -0.2) is 4.79 Å². The molecule has 10 heteroatoms. The summed E-state index contributed by atoms with van der Waals surface area (Å²) in [6, 6.07) is 5.93. The van der Waals surface area contributed by atoms with Gasteiger partial charge in [0.1, 0.15) is 0 Å². The molecule has 31 heavy (non-hydrogen) atoms. The van der Waals surface area contributed by atoms with Crippen molar-refractivity contribution in [3.63, 3.8) is 0 Å². The maximum absolute atomic E-state index is 12.5. The number of hydrogen-bond acceptors (Lipinski definition) is 3. The highest BCUT2D eigenvalue weighted by atomic mass is 19.4. The van der Waals surface area contributed by atoms with Gasteiger partial charge in [-0.2, -0.15) is 26.3 Å². The molecule has 4 nitrogen and oxygen atoms in total. The van der Waals surface area contributed by atoms with Gasteiger partial charge in [0.15, 0.2) is 0 Å². The number of hydrogen-bond donors (Lipinski definition) is 2. The van der Waals surface area contributed by atoms with Gasteiger partial charge in [-0.15, -0.1) is 0 Å². The van der Waals surface area contributed by atoms with E-state index >= 15 is 0 Å². The van der Waals surface area contributed by atoms with E-state index in [1.54, 1.807) is 12.1 Å². The third-order valence-electron chi connectivity index (χ3n) is 5.03. The Morgan fingerprint density at radius 2 is 1.58 bits per heavy atom. The molecule has 1 heterocycles. The molecule has 1 aromatic rings. The quantitative estimate of drug-likeness (QED) is 0.402. The Labute approximate surface area is 178 Å². The SMILES string of the molecule is CCCCCCN1CCC(NCc2ccc(C(F)(F)F)cc2)CC1.O=C(O)C(F)(F)F. The van der Waals surface area contributed by atoms with Crippen molar-refractivity contribution in [1.82, 2.24) is 10.2 Å². The fourth-order valence-electron chi connectivity index (χ4n) is 3.20. The number of carboxylic acid groups (broad SMARTS) is 1. The highest BCUT2D eigenvalue weighted by molar-refractivity contribution is 5.73. The minimum Gasteiger partial charge on any atom is -0.475 e. The molecule has 0 saturated carbocycles. The zero-order chi connectivity index (χ0) is 23.5. The predicted octanol–water partition coefficient (Wildman–Crippen LogP) is 5.47. The van der Waals surface area contributed by atoms with Crippen LogP contribution in [0.15, 0.2) is 24.3 Å². The first kappa shape index (κ1) is 27.2. The molecule has 0 aromatic heterocycles. The van der Waals surface area contributed by atoms with Crippen molar-refractivity contribution < 1.29 is 36.2 Å². The van der Waals surface area contributed by atoms with Crippen molar-refractivity contribution in [2.45, 2.75) is 70.4 Å². The summed E-state index contributed by atoms with van der Waals surface area (Å²) in [4.78, 5) is 11.4. The van der Waals surface area contributed by atoms with Crippen molar-refractivity contribution in [1.29, 1.82) is 0 Å². The van der Waals surface area contributed by atoms with Crippen LogP contribution in [0.2, 0.25) is 0 Å². The summed E-state index contributed by atoms with van der Waals surface area (Å²) in [7, 11) is 0. The molecule has 1 aromatic carbocycles. The fraction of sp³-hybridized carbons (Fsp3) is 0.667. The van der Waals surface area contributed by atoms with Gasteiger partial charge in [0, 0.05) is 12.6 Å². The third kappa shape index (κ3) is 11.4. The lowest BCUT2D eigenvalue weighted by Crippen LogP contribution is -2.42. The van der Waals surface area contributed by atoms with Crippen LogP contribution >= 0.6 is 0 Å². The van der Waals surface area contributed by atoms with Gasteiger partial charge in [0.2, 0.25) is 0 Å². The zero-order valence-electron chi connectivity index (χ0n) is 17.5. The minimum absolute atomic E-state index is 0.471. The van der Waals surface area contributed by atoms with Gasteiger partial charge >= 0.3 is 18.3 Å². The normalized spacial score (nSPS) is 16.0. The molecule has 1 saturated heterocycles. The van der Waals surface area contributed by atoms with Crippen LogP contribution in [-0.2, 0) is 17.5 Å². The van der Waals surface area contributed by atoms with Gasteiger partial charge < -0.3 is 15.3 Å². The number of carbonyl (C=O) groups is 1.